The number of anilines is 5. The molecule has 7 nitrogen and oxygen atoms in total. The summed E-state index contributed by atoms with van der Waals surface area (Å²) >= 11 is 0. The monoisotopic (exact) mass is 1240 g/mol. The number of carbonyl (C=O) groups excluding carboxylic acids is 2. The number of carboxylic acids is 2. The van der Waals surface area contributed by atoms with Gasteiger partial charge in [-0.3, -0.25) is 0 Å². The molecule has 0 aromatic heterocycles. The first-order valence-electron chi connectivity index (χ1n) is 32.0. The SMILES string of the molecule is C=c1ccc(=C(c2ccc(N(CC)CC)cc2)c2ccccc2C(=O)[O-])cc1.C=c1ccc(=C(c2ccc(N(CC)CC)cc2C)c2cccc3ccccc23)cc1.C=c1ccc(=C(c2ccc(N(c3ccccc3)c3ccccc3)cc2)c2ccccc2C(=O)[O-])cc1.[CH3-]. The van der Waals surface area contributed by atoms with Crippen molar-refractivity contribution in [1.82, 2.24) is 0 Å². The van der Waals surface area contributed by atoms with Gasteiger partial charge in [-0.15, -0.1) is 0 Å². The summed E-state index contributed by atoms with van der Waals surface area (Å²) in [5.74, 6) is -2.38. The zero-order valence-electron chi connectivity index (χ0n) is 55.1. The van der Waals surface area contributed by atoms with E-state index < -0.39 is 11.9 Å². The maximum atomic E-state index is 12.0. The Labute approximate surface area is 559 Å². The molecular weight excluding hydrogens is 1160 g/mol. The fourth-order valence-corrected chi connectivity index (χ4v) is 12.1. The lowest BCUT2D eigenvalue weighted by Crippen LogP contribution is -2.24. The number of aromatic carboxylic acids is 2. The van der Waals surface area contributed by atoms with E-state index >= 15 is 0 Å². The minimum absolute atomic E-state index is 0. The van der Waals surface area contributed by atoms with Crippen molar-refractivity contribution in [1.29, 1.82) is 0 Å². The second-order valence-electron chi connectivity index (χ2n) is 22.9. The molecule has 0 aliphatic carbocycles. The van der Waals surface area contributed by atoms with Gasteiger partial charge >= 0.3 is 0 Å². The number of aryl methyl sites for hydroxylation is 1. The quantitative estimate of drug-likeness (QED) is 0.0839. The maximum absolute atomic E-state index is 12.0. The average molecular weight is 1240 g/mol. The molecule has 0 amide bonds. The molecule has 0 bridgehead atoms. The van der Waals surface area contributed by atoms with Gasteiger partial charge in [-0.2, -0.15) is 0 Å². The van der Waals surface area contributed by atoms with E-state index in [-0.39, 0.29) is 18.6 Å². The highest BCUT2D eigenvalue weighted by Gasteiger charge is 2.18. The number of hydrogen-bond donors (Lipinski definition) is 0. The van der Waals surface area contributed by atoms with Crippen molar-refractivity contribution >= 4 is 87.6 Å². The number of carboxylic acid groups (broad SMARTS) is 2. The molecule has 0 aliphatic rings. The summed E-state index contributed by atoms with van der Waals surface area (Å²) in [7, 11) is 0. The van der Waals surface area contributed by atoms with E-state index in [1.54, 1.807) is 24.3 Å². The van der Waals surface area contributed by atoms with Crippen molar-refractivity contribution in [3.8, 4) is 0 Å². The Morgan fingerprint density at radius 1 is 0.326 bits per heavy atom. The number of hydrogen-bond acceptors (Lipinski definition) is 7. The van der Waals surface area contributed by atoms with Crippen molar-refractivity contribution < 1.29 is 19.8 Å². The van der Waals surface area contributed by atoms with E-state index in [4.69, 9.17) is 0 Å². The first-order chi connectivity index (χ1) is 45.8. The van der Waals surface area contributed by atoms with Crippen molar-refractivity contribution in [2.75, 3.05) is 40.9 Å². The molecule has 12 rings (SSSR count). The summed E-state index contributed by atoms with van der Waals surface area (Å²) in [6.07, 6.45) is 0. The minimum atomic E-state index is -1.20. The van der Waals surface area contributed by atoms with Gasteiger partial charge in [0.25, 0.3) is 0 Å². The van der Waals surface area contributed by atoms with Gasteiger partial charge in [0.2, 0.25) is 0 Å². The Hall–Kier alpha value is -11.5. The molecule has 0 aliphatic heterocycles. The maximum Gasteiger partial charge on any atom is 0.0721 e. The van der Waals surface area contributed by atoms with Gasteiger partial charge < -0.3 is 41.9 Å². The smallest absolute Gasteiger partial charge is 0.0721 e. The fraction of sp³-hybridized carbons (Fsp3) is 0.102. The van der Waals surface area contributed by atoms with E-state index in [1.807, 2.05) is 133 Å². The minimum Gasteiger partial charge on any atom is -0.545 e. The summed E-state index contributed by atoms with van der Waals surface area (Å²) in [4.78, 5) is 30.5. The van der Waals surface area contributed by atoms with E-state index in [1.165, 1.54) is 43.9 Å². The summed E-state index contributed by atoms with van der Waals surface area (Å²) in [6, 6.07) is 97.1. The van der Waals surface area contributed by atoms with E-state index in [0.717, 1.165) is 97.3 Å². The Kier molecular flexibility index (Phi) is 23.0. The van der Waals surface area contributed by atoms with Crippen LogP contribution in [0, 0.1) is 14.4 Å². The standard InChI is InChI=1S/C33H25NO2.C29H29N.C25H25NO2.CH3/c1-24-16-18-25(19-17-24)32(30-14-8-9-15-31(30)33(35)36)26-20-22-29(23-21-26)34(27-10-4-2-5-11-27)28-12-6-3-7-13-28;1-5-30(6-2)25-18-19-26(22(4)20-25)29(24-16-14-21(3)15-17-24)28-13-9-11-23-10-7-8-12-27(23)28;1-4-26(5-2)21-16-14-20(15-17-21)24(19-12-10-18(3)11-13-19)22-8-6-7-9-23(22)25(27)28;/h2-23H,1H2,(H,35,36);7-20H,3,5-6H2,1-2,4H3;6-17H,3-5H2,1-2H3,(H,27,28);1H3/q;;;-1/p-2. The highest BCUT2D eigenvalue weighted by atomic mass is 16.4. The zero-order chi connectivity index (χ0) is 66.1. The second-order valence-corrected chi connectivity index (χ2v) is 22.9. The van der Waals surface area contributed by atoms with Gasteiger partial charge in [-0.1, -0.05) is 250 Å². The van der Waals surface area contributed by atoms with Crippen LogP contribution in [0.5, 0.6) is 0 Å². The van der Waals surface area contributed by atoms with E-state index in [9.17, 15) is 19.8 Å². The lowest BCUT2D eigenvalue weighted by Gasteiger charge is -2.25. The van der Waals surface area contributed by atoms with Gasteiger partial charge in [0.05, 0.1) is 11.9 Å². The molecule has 0 radical (unpaired) electrons. The Bertz CT molecular complexity index is 4870. The van der Waals surface area contributed by atoms with Crippen molar-refractivity contribution in [3.05, 3.63) is 380 Å². The molecule has 0 spiro atoms. The molecule has 474 valence electrons. The third-order valence-electron chi connectivity index (χ3n) is 17.0. The molecule has 95 heavy (non-hydrogen) atoms. The normalized spacial score (nSPS) is 10.5. The van der Waals surface area contributed by atoms with Crippen LogP contribution >= 0.6 is 0 Å². The summed E-state index contributed by atoms with van der Waals surface area (Å²) in [6.45, 7) is 26.8. The largest absolute Gasteiger partial charge is 0.545 e. The lowest BCUT2D eigenvalue weighted by molar-refractivity contribution is -0.256. The number of para-hydroxylation sites is 2. The molecule has 0 saturated carbocycles. The number of carbonyl (C=O) groups is 2. The van der Waals surface area contributed by atoms with E-state index in [2.05, 4.69) is 203 Å². The van der Waals surface area contributed by atoms with Crippen molar-refractivity contribution in [2.45, 2.75) is 34.6 Å². The predicted molar refractivity (Wildman–Crippen MR) is 396 cm³/mol. The van der Waals surface area contributed by atoms with Gasteiger partial charge in [0, 0.05) is 65.7 Å². The van der Waals surface area contributed by atoms with Crippen LogP contribution in [0.2, 0.25) is 0 Å². The summed E-state index contributed by atoms with van der Waals surface area (Å²) < 4.78 is 0. The van der Waals surface area contributed by atoms with Crippen LogP contribution in [0.3, 0.4) is 0 Å². The number of rotatable bonds is 17. The van der Waals surface area contributed by atoms with Crippen LogP contribution in [0.25, 0.3) is 47.2 Å². The second kappa shape index (κ2) is 32.1. The predicted octanol–water partition coefficient (Wildman–Crippen LogP) is 13.8. The Balaban J connectivity index is 0.000000168. The highest BCUT2D eigenvalue weighted by molar-refractivity contribution is 5.99. The number of benzene rings is 12. The van der Waals surface area contributed by atoms with Crippen LogP contribution in [-0.2, 0) is 0 Å². The van der Waals surface area contributed by atoms with Crippen molar-refractivity contribution in [3.63, 3.8) is 0 Å². The molecule has 12 aromatic carbocycles. The third kappa shape index (κ3) is 16.0. The lowest BCUT2D eigenvalue weighted by atomic mass is 9.89. The van der Waals surface area contributed by atoms with Gasteiger partial charge in [0.1, 0.15) is 0 Å². The zero-order valence-corrected chi connectivity index (χ0v) is 55.1. The van der Waals surface area contributed by atoms with Gasteiger partial charge in [-0.25, -0.2) is 0 Å². The Morgan fingerprint density at radius 2 is 0.663 bits per heavy atom. The molecule has 0 heterocycles. The van der Waals surface area contributed by atoms with Crippen LogP contribution in [-0.4, -0.2) is 38.1 Å². The molecule has 12 aromatic rings. The van der Waals surface area contributed by atoms with Crippen molar-refractivity contribution in [2.24, 2.45) is 0 Å². The summed E-state index contributed by atoms with van der Waals surface area (Å²) in [5.41, 5.74) is 15.8. The number of fused-ring (bicyclic) bond motifs is 1. The first-order valence-corrected chi connectivity index (χ1v) is 32.0. The van der Waals surface area contributed by atoms with Gasteiger partial charge in [-0.05, 0) is 193 Å². The first kappa shape index (κ1) is 67.8. The molecule has 0 N–H and O–H groups in total. The summed E-state index contributed by atoms with van der Waals surface area (Å²) in [5, 5.41) is 32.1. The topological polar surface area (TPSA) is 90.0 Å². The van der Waals surface area contributed by atoms with Crippen LogP contribution in [0.15, 0.2) is 291 Å². The third-order valence-corrected chi connectivity index (χ3v) is 17.0. The average Bonchev–Trinajstić information content (AvgIpc) is 0.861. The van der Waals surface area contributed by atoms with E-state index in [0.29, 0.717) is 11.1 Å². The van der Waals surface area contributed by atoms with Crippen LogP contribution < -0.4 is 56.2 Å². The Morgan fingerprint density at radius 3 is 1.08 bits per heavy atom. The molecule has 0 saturated heterocycles. The molecule has 0 unspecified atom stereocenters. The molecule has 7 heteroatoms. The van der Waals surface area contributed by atoms with Gasteiger partial charge in [0.15, 0.2) is 0 Å². The van der Waals surface area contributed by atoms with Crippen LogP contribution in [0.1, 0.15) is 87.4 Å². The molecular formula is C88H80N3O4-3. The fourth-order valence-electron chi connectivity index (χ4n) is 12.1. The molecule has 0 fully saturated rings. The number of nitrogens with zero attached hydrogens (tertiary/aromatic N) is 3. The van der Waals surface area contributed by atoms with Crippen LogP contribution in [0.4, 0.5) is 28.4 Å². The highest BCUT2D eigenvalue weighted by Crippen LogP contribution is 2.37. The molecule has 0 atom stereocenters.